The third kappa shape index (κ3) is 4.27. The molecule has 0 radical (unpaired) electrons. The van der Waals surface area contributed by atoms with Crippen LogP contribution in [0.5, 0.6) is 0 Å². The molecule has 0 amide bonds. The zero-order valence-corrected chi connectivity index (χ0v) is 19.7. The maximum atomic E-state index is 13.4. The predicted molar refractivity (Wildman–Crippen MR) is 133 cm³/mol. The lowest BCUT2D eigenvalue weighted by Crippen LogP contribution is -2.32. The van der Waals surface area contributed by atoms with E-state index < -0.39 is 5.92 Å². The third-order valence-electron chi connectivity index (χ3n) is 6.39. The summed E-state index contributed by atoms with van der Waals surface area (Å²) in [5.74, 6) is 1.43. The van der Waals surface area contributed by atoms with Crippen molar-refractivity contribution in [2.75, 3.05) is 5.32 Å². The van der Waals surface area contributed by atoms with Crippen molar-refractivity contribution >= 4 is 23.4 Å². The average Bonchev–Trinajstić information content (AvgIpc) is 2.82. The van der Waals surface area contributed by atoms with Gasteiger partial charge in [-0.05, 0) is 35.4 Å². The molecule has 33 heavy (non-hydrogen) atoms. The predicted octanol–water partition coefficient (Wildman–Crippen LogP) is 5.75. The lowest BCUT2D eigenvalue weighted by atomic mass is 9.76. The summed E-state index contributed by atoms with van der Waals surface area (Å²) in [7, 11) is 0. The molecule has 168 valence electrons. The minimum atomic E-state index is -0.394. The van der Waals surface area contributed by atoms with E-state index in [1.165, 1.54) is 22.9 Å². The minimum absolute atomic E-state index is 0.120. The Morgan fingerprint density at radius 3 is 2.52 bits per heavy atom. The Hall–Kier alpha value is -3.12. The Balaban J connectivity index is 1.56. The fraction of sp³-hybridized carbons (Fsp3) is 0.296. The number of H-pyrrole nitrogens is 1. The molecule has 0 saturated carbocycles. The molecule has 5 nitrogen and oxygen atoms in total. The molecule has 1 atom stereocenters. The minimum Gasteiger partial charge on any atom is -0.343 e. The quantitative estimate of drug-likeness (QED) is 0.377. The number of carbonyl (C=O) groups excluding carboxylic acids is 1. The molecular formula is C27H27N3O2S. The van der Waals surface area contributed by atoms with E-state index in [1.807, 2.05) is 18.2 Å². The summed E-state index contributed by atoms with van der Waals surface area (Å²) in [6.45, 7) is 4.31. The lowest BCUT2D eigenvalue weighted by Gasteiger charge is -2.33. The van der Waals surface area contributed by atoms with Crippen LogP contribution >= 0.6 is 11.8 Å². The first kappa shape index (κ1) is 21.7. The first-order valence-corrected chi connectivity index (χ1v) is 12.4. The van der Waals surface area contributed by atoms with Gasteiger partial charge in [-0.1, -0.05) is 80.2 Å². The van der Waals surface area contributed by atoms with Crippen LogP contribution in [0.2, 0.25) is 0 Å². The van der Waals surface area contributed by atoms with Gasteiger partial charge >= 0.3 is 0 Å². The lowest BCUT2D eigenvalue weighted by molar-refractivity contribution is -0.116. The number of thioether (sulfide) groups is 1. The van der Waals surface area contributed by atoms with Gasteiger partial charge in [0.2, 0.25) is 0 Å². The number of allylic oxidation sites excluding steroid dienone is 2. The summed E-state index contributed by atoms with van der Waals surface area (Å²) in [6.07, 6.45) is 2.13. The van der Waals surface area contributed by atoms with Gasteiger partial charge in [-0.15, -0.1) is 0 Å². The van der Waals surface area contributed by atoms with Crippen molar-refractivity contribution in [2.45, 2.75) is 55.9 Å². The summed E-state index contributed by atoms with van der Waals surface area (Å²) in [5.41, 5.74) is 5.34. The Morgan fingerprint density at radius 2 is 1.79 bits per heavy atom. The van der Waals surface area contributed by atoms with Gasteiger partial charge in [0.15, 0.2) is 10.9 Å². The van der Waals surface area contributed by atoms with Crippen LogP contribution in [-0.4, -0.2) is 15.8 Å². The second-order valence-corrected chi connectivity index (χ2v) is 9.92. The van der Waals surface area contributed by atoms with Gasteiger partial charge in [0.25, 0.3) is 5.56 Å². The highest BCUT2D eigenvalue weighted by Gasteiger charge is 2.37. The van der Waals surface area contributed by atoms with Gasteiger partial charge in [-0.25, -0.2) is 4.98 Å². The van der Waals surface area contributed by atoms with Crippen molar-refractivity contribution in [1.29, 1.82) is 0 Å². The largest absolute Gasteiger partial charge is 0.343 e. The molecule has 2 aromatic carbocycles. The van der Waals surface area contributed by atoms with E-state index in [2.05, 4.69) is 60.5 Å². The number of nitrogens with one attached hydrogen (secondary N) is 2. The number of hydrogen-bond acceptors (Lipinski definition) is 5. The molecule has 0 saturated heterocycles. The topological polar surface area (TPSA) is 74.8 Å². The fourth-order valence-corrected chi connectivity index (χ4v) is 5.46. The highest BCUT2D eigenvalue weighted by Crippen LogP contribution is 2.43. The highest BCUT2D eigenvalue weighted by molar-refractivity contribution is 7.98. The molecule has 1 aliphatic carbocycles. The van der Waals surface area contributed by atoms with Crippen LogP contribution in [0.3, 0.4) is 0 Å². The monoisotopic (exact) mass is 457 g/mol. The Labute approximate surface area is 197 Å². The number of carbonyl (C=O) groups is 1. The number of aromatic nitrogens is 2. The SMILES string of the molecule is CC(C)c1ccc(C2C3=C(CCCC3=O)Nc3nc(SCc4ccccc4)[nH]c(=O)c32)cc1. The molecule has 2 N–H and O–H groups in total. The van der Waals surface area contributed by atoms with Crippen molar-refractivity contribution in [3.8, 4) is 0 Å². The van der Waals surface area contributed by atoms with E-state index in [0.717, 1.165) is 35.4 Å². The van der Waals surface area contributed by atoms with Crippen molar-refractivity contribution in [1.82, 2.24) is 9.97 Å². The number of anilines is 1. The summed E-state index contributed by atoms with van der Waals surface area (Å²) >= 11 is 1.50. The number of Topliss-reactive ketones (excluding diaryl/α,β-unsaturated/α-hetero) is 1. The van der Waals surface area contributed by atoms with Crippen LogP contribution < -0.4 is 10.9 Å². The Morgan fingerprint density at radius 1 is 1.03 bits per heavy atom. The molecule has 5 rings (SSSR count). The molecule has 1 unspecified atom stereocenters. The van der Waals surface area contributed by atoms with E-state index in [4.69, 9.17) is 4.98 Å². The zero-order valence-electron chi connectivity index (χ0n) is 18.9. The first-order chi connectivity index (χ1) is 16.0. The maximum absolute atomic E-state index is 13.4. The molecule has 3 aromatic rings. The average molecular weight is 458 g/mol. The molecule has 6 heteroatoms. The van der Waals surface area contributed by atoms with Gasteiger partial charge in [-0.3, -0.25) is 9.59 Å². The standard InChI is InChI=1S/C27H27N3O2S/c1-16(2)18-11-13-19(14-12-18)22-23-20(9-6-10-21(23)31)28-25-24(22)26(32)30-27(29-25)33-15-17-7-4-3-5-8-17/h3-5,7-8,11-14,16,22H,6,9-10,15H2,1-2H3,(H2,28,29,30,32). The van der Waals surface area contributed by atoms with Gasteiger partial charge in [0.05, 0.1) is 5.56 Å². The number of ketones is 1. The van der Waals surface area contributed by atoms with Crippen molar-refractivity contribution in [2.24, 2.45) is 0 Å². The van der Waals surface area contributed by atoms with Crippen molar-refractivity contribution in [3.05, 3.63) is 98.5 Å². The molecule has 0 fully saturated rings. The summed E-state index contributed by atoms with van der Waals surface area (Å²) in [5, 5.41) is 3.93. The Bertz CT molecular complexity index is 1280. The van der Waals surface area contributed by atoms with E-state index >= 15 is 0 Å². The fourth-order valence-electron chi connectivity index (χ4n) is 4.64. The second-order valence-electron chi connectivity index (χ2n) is 8.96. The summed E-state index contributed by atoms with van der Waals surface area (Å²) < 4.78 is 0. The van der Waals surface area contributed by atoms with E-state index in [-0.39, 0.29) is 11.3 Å². The number of benzene rings is 2. The molecule has 1 aromatic heterocycles. The first-order valence-electron chi connectivity index (χ1n) is 11.5. The maximum Gasteiger partial charge on any atom is 0.257 e. The van der Waals surface area contributed by atoms with Gasteiger partial charge in [-0.2, -0.15) is 0 Å². The molecular weight excluding hydrogens is 430 g/mol. The highest BCUT2D eigenvalue weighted by atomic mass is 32.2. The zero-order chi connectivity index (χ0) is 22.9. The van der Waals surface area contributed by atoms with Crippen molar-refractivity contribution in [3.63, 3.8) is 0 Å². The smallest absolute Gasteiger partial charge is 0.257 e. The van der Waals surface area contributed by atoms with Crippen LogP contribution in [0.15, 0.2) is 75.8 Å². The number of hydrogen-bond donors (Lipinski definition) is 2. The summed E-state index contributed by atoms with van der Waals surface area (Å²) in [4.78, 5) is 34.1. The van der Waals surface area contributed by atoms with Crippen LogP contribution in [0.4, 0.5) is 5.82 Å². The van der Waals surface area contributed by atoms with Crippen LogP contribution in [0, 0.1) is 0 Å². The molecule has 0 spiro atoms. The molecule has 0 bridgehead atoms. The van der Waals surface area contributed by atoms with Gasteiger partial charge in [0.1, 0.15) is 5.82 Å². The summed E-state index contributed by atoms with van der Waals surface area (Å²) in [6, 6.07) is 18.4. The normalized spacial score (nSPS) is 17.5. The Kier molecular flexibility index (Phi) is 5.94. The van der Waals surface area contributed by atoms with Crippen molar-refractivity contribution < 1.29 is 4.79 Å². The van der Waals surface area contributed by atoms with Gasteiger partial charge < -0.3 is 10.3 Å². The number of nitrogens with zero attached hydrogens (tertiary/aromatic N) is 1. The van der Waals surface area contributed by atoms with Crippen LogP contribution in [0.1, 0.15) is 67.2 Å². The number of fused-ring (bicyclic) bond motifs is 1. The molecule has 2 aliphatic rings. The molecule has 2 heterocycles. The van der Waals surface area contributed by atoms with Gasteiger partial charge in [0, 0.05) is 29.4 Å². The van der Waals surface area contributed by atoms with E-state index in [1.54, 1.807) is 0 Å². The van der Waals surface area contributed by atoms with Crippen LogP contribution in [0.25, 0.3) is 0 Å². The number of aromatic amines is 1. The third-order valence-corrected chi connectivity index (χ3v) is 7.34. The van der Waals surface area contributed by atoms with E-state index in [9.17, 15) is 9.59 Å². The van der Waals surface area contributed by atoms with Crippen LogP contribution in [-0.2, 0) is 10.5 Å². The van der Waals surface area contributed by atoms with E-state index in [0.29, 0.717) is 28.9 Å². The molecule has 1 aliphatic heterocycles. The second kappa shape index (κ2) is 9.02. The number of rotatable bonds is 5.